The van der Waals surface area contributed by atoms with Crippen LogP contribution in [0.5, 0.6) is 0 Å². The zero-order chi connectivity index (χ0) is 20.1. The third kappa shape index (κ3) is 4.57. The standard InChI is InChI=1S/C20H25N5O3/c1-14-17(15(2)25(23-14)13-16-7-4-3-5-8-16)11-21-18(26)9-6-10-24-19(27)12-22-20(24)28/h3-5,7-8H,6,9-13H2,1-2H3,(H,21,26)(H,22,28). The Kier molecular flexibility index (Phi) is 6.08. The fourth-order valence-corrected chi connectivity index (χ4v) is 3.25. The molecule has 4 amide bonds. The molecule has 3 rings (SSSR count). The number of nitrogens with zero attached hydrogens (tertiary/aromatic N) is 3. The molecule has 2 N–H and O–H groups in total. The fraction of sp³-hybridized carbons (Fsp3) is 0.400. The van der Waals surface area contributed by atoms with Crippen LogP contribution in [-0.2, 0) is 22.7 Å². The Morgan fingerprint density at radius 1 is 1.21 bits per heavy atom. The molecule has 0 unspecified atom stereocenters. The summed E-state index contributed by atoms with van der Waals surface area (Å²) in [6.07, 6.45) is 0.698. The lowest BCUT2D eigenvalue weighted by Crippen LogP contribution is -2.32. The van der Waals surface area contributed by atoms with Gasteiger partial charge in [0.1, 0.15) is 0 Å². The van der Waals surface area contributed by atoms with Crippen LogP contribution in [0.3, 0.4) is 0 Å². The zero-order valence-electron chi connectivity index (χ0n) is 16.2. The smallest absolute Gasteiger partial charge is 0.324 e. The van der Waals surface area contributed by atoms with Crippen LogP contribution in [0.1, 0.15) is 35.4 Å². The van der Waals surface area contributed by atoms with Gasteiger partial charge in [0.05, 0.1) is 18.8 Å². The topological polar surface area (TPSA) is 96.3 Å². The number of urea groups is 1. The van der Waals surface area contributed by atoms with Crippen LogP contribution in [0, 0.1) is 13.8 Å². The first-order valence-corrected chi connectivity index (χ1v) is 9.37. The minimum absolute atomic E-state index is 0.0382. The van der Waals surface area contributed by atoms with Gasteiger partial charge >= 0.3 is 6.03 Å². The SMILES string of the molecule is Cc1nn(Cc2ccccc2)c(C)c1CNC(=O)CCCN1C(=O)CNC1=O. The highest BCUT2D eigenvalue weighted by molar-refractivity contribution is 6.01. The van der Waals surface area contributed by atoms with Crippen molar-refractivity contribution >= 4 is 17.8 Å². The van der Waals surface area contributed by atoms with E-state index >= 15 is 0 Å². The van der Waals surface area contributed by atoms with E-state index < -0.39 is 0 Å². The number of aromatic nitrogens is 2. The van der Waals surface area contributed by atoms with E-state index in [-0.39, 0.29) is 37.4 Å². The molecule has 0 bridgehead atoms. The normalized spacial score (nSPS) is 13.7. The Morgan fingerprint density at radius 3 is 2.64 bits per heavy atom. The number of hydrogen-bond acceptors (Lipinski definition) is 4. The Balaban J connectivity index is 1.49. The van der Waals surface area contributed by atoms with Gasteiger partial charge in [-0.25, -0.2) is 4.79 Å². The van der Waals surface area contributed by atoms with Crippen LogP contribution in [0.25, 0.3) is 0 Å². The number of carbonyl (C=O) groups excluding carboxylic acids is 3. The molecule has 0 aliphatic carbocycles. The summed E-state index contributed by atoms with van der Waals surface area (Å²) in [5.41, 5.74) is 4.11. The van der Waals surface area contributed by atoms with Crippen molar-refractivity contribution in [3.8, 4) is 0 Å². The van der Waals surface area contributed by atoms with Gasteiger partial charge in [0.2, 0.25) is 11.8 Å². The molecule has 0 saturated carbocycles. The van der Waals surface area contributed by atoms with E-state index in [0.29, 0.717) is 19.5 Å². The van der Waals surface area contributed by atoms with Crippen LogP contribution in [0.2, 0.25) is 0 Å². The van der Waals surface area contributed by atoms with Gasteiger partial charge < -0.3 is 10.6 Å². The van der Waals surface area contributed by atoms with Crippen LogP contribution < -0.4 is 10.6 Å². The van der Waals surface area contributed by atoms with E-state index in [1.165, 1.54) is 5.56 Å². The van der Waals surface area contributed by atoms with E-state index in [0.717, 1.165) is 21.9 Å². The van der Waals surface area contributed by atoms with Crippen LogP contribution in [-0.4, -0.2) is 45.6 Å². The van der Waals surface area contributed by atoms with Crippen LogP contribution >= 0.6 is 0 Å². The maximum atomic E-state index is 12.1. The maximum absolute atomic E-state index is 12.1. The number of aryl methyl sites for hydroxylation is 1. The maximum Gasteiger partial charge on any atom is 0.324 e. The van der Waals surface area contributed by atoms with Crippen molar-refractivity contribution in [1.29, 1.82) is 0 Å². The molecule has 148 valence electrons. The molecule has 28 heavy (non-hydrogen) atoms. The number of benzene rings is 1. The van der Waals surface area contributed by atoms with E-state index in [1.54, 1.807) is 0 Å². The predicted octanol–water partition coefficient (Wildman–Crippen LogP) is 1.50. The average Bonchev–Trinajstić information content (AvgIpc) is 3.13. The largest absolute Gasteiger partial charge is 0.352 e. The van der Waals surface area contributed by atoms with Gasteiger partial charge in [-0.2, -0.15) is 5.10 Å². The Bertz CT molecular complexity index is 859. The summed E-state index contributed by atoms with van der Waals surface area (Å²) in [6.45, 7) is 5.33. The molecule has 0 spiro atoms. The Labute approximate surface area is 163 Å². The second-order valence-corrected chi connectivity index (χ2v) is 6.88. The summed E-state index contributed by atoms with van der Waals surface area (Å²) >= 11 is 0. The molecular formula is C20H25N5O3. The van der Waals surface area contributed by atoms with Crippen molar-refractivity contribution in [1.82, 2.24) is 25.3 Å². The summed E-state index contributed by atoms with van der Waals surface area (Å²) in [4.78, 5) is 36.3. The highest BCUT2D eigenvalue weighted by atomic mass is 16.2. The van der Waals surface area contributed by atoms with Crippen LogP contribution in [0.4, 0.5) is 4.79 Å². The van der Waals surface area contributed by atoms with Crippen molar-refractivity contribution < 1.29 is 14.4 Å². The minimum atomic E-state index is -0.387. The minimum Gasteiger partial charge on any atom is -0.352 e. The molecule has 2 heterocycles. The lowest BCUT2D eigenvalue weighted by molar-refractivity contribution is -0.126. The Morgan fingerprint density at radius 2 is 1.96 bits per heavy atom. The summed E-state index contributed by atoms with van der Waals surface area (Å²) < 4.78 is 1.95. The van der Waals surface area contributed by atoms with E-state index in [4.69, 9.17) is 0 Å². The summed E-state index contributed by atoms with van der Waals surface area (Å²) in [6, 6.07) is 9.72. The van der Waals surface area contributed by atoms with Gasteiger partial charge in [-0.15, -0.1) is 0 Å². The number of rotatable bonds is 8. The molecule has 1 aromatic carbocycles. The number of carbonyl (C=O) groups is 3. The summed E-state index contributed by atoms with van der Waals surface area (Å²) in [5, 5.41) is 9.96. The molecule has 2 aromatic rings. The predicted molar refractivity (Wildman–Crippen MR) is 103 cm³/mol. The molecule has 1 aliphatic heterocycles. The second kappa shape index (κ2) is 8.69. The highest BCUT2D eigenvalue weighted by Gasteiger charge is 2.27. The molecule has 1 aliphatic rings. The quantitative estimate of drug-likeness (QED) is 0.675. The van der Waals surface area contributed by atoms with Gasteiger partial charge in [-0.3, -0.25) is 19.2 Å². The highest BCUT2D eigenvalue weighted by Crippen LogP contribution is 2.15. The molecule has 1 fully saturated rings. The molecule has 0 radical (unpaired) electrons. The number of nitrogens with one attached hydrogen (secondary N) is 2. The number of imide groups is 1. The lowest BCUT2D eigenvalue weighted by Gasteiger charge is -2.12. The van der Waals surface area contributed by atoms with Crippen molar-refractivity contribution in [3.05, 3.63) is 52.8 Å². The van der Waals surface area contributed by atoms with Gasteiger partial charge in [-0.05, 0) is 25.8 Å². The van der Waals surface area contributed by atoms with Crippen molar-refractivity contribution in [3.63, 3.8) is 0 Å². The second-order valence-electron chi connectivity index (χ2n) is 6.88. The third-order valence-electron chi connectivity index (χ3n) is 4.89. The summed E-state index contributed by atoms with van der Waals surface area (Å²) in [7, 11) is 0. The first-order valence-electron chi connectivity index (χ1n) is 9.37. The van der Waals surface area contributed by atoms with Gasteiger partial charge in [0.15, 0.2) is 0 Å². The van der Waals surface area contributed by atoms with Crippen LogP contribution in [0.15, 0.2) is 30.3 Å². The van der Waals surface area contributed by atoms with E-state index in [9.17, 15) is 14.4 Å². The molecule has 1 aromatic heterocycles. The number of amides is 4. The van der Waals surface area contributed by atoms with E-state index in [1.807, 2.05) is 36.7 Å². The fourth-order valence-electron chi connectivity index (χ4n) is 3.25. The first kappa shape index (κ1) is 19.6. The molecule has 1 saturated heterocycles. The van der Waals surface area contributed by atoms with Gasteiger partial charge in [-0.1, -0.05) is 30.3 Å². The van der Waals surface area contributed by atoms with Crippen molar-refractivity contribution in [2.24, 2.45) is 0 Å². The molecule has 8 nitrogen and oxygen atoms in total. The molecule has 8 heteroatoms. The van der Waals surface area contributed by atoms with Gasteiger partial charge in [0.25, 0.3) is 0 Å². The Hall–Kier alpha value is -3.16. The zero-order valence-corrected chi connectivity index (χ0v) is 16.2. The average molecular weight is 383 g/mol. The number of hydrogen-bond donors (Lipinski definition) is 2. The van der Waals surface area contributed by atoms with Crippen molar-refractivity contribution in [2.45, 2.75) is 39.8 Å². The monoisotopic (exact) mass is 383 g/mol. The first-order chi connectivity index (χ1) is 13.5. The van der Waals surface area contributed by atoms with E-state index in [2.05, 4.69) is 27.9 Å². The molecular weight excluding hydrogens is 358 g/mol. The summed E-state index contributed by atoms with van der Waals surface area (Å²) in [5.74, 6) is -0.357. The third-order valence-corrected chi connectivity index (χ3v) is 4.89. The molecule has 0 atom stereocenters. The lowest BCUT2D eigenvalue weighted by atomic mass is 10.2. The van der Waals surface area contributed by atoms with Crippen molar-refractivity contribution in [2.75, 3.05) is 13.1 Å². The van der Waals surface area contributed by atoms with Gasteiger partial charge in [0, 0.05) is 30.8 Å².